The van der Waals surface area contributed by atoms with Gasteiger partial charge < -0.3 is 44.0 Å². The van der Waals surface area contributed by atoms with E-state index in [1.165, 1.54) is 114 Å². The molecule has 372 valence electrons. The lowest BCUT2D eigenvalue weighted by atomic mass is 9.90. The highest BCUT2D eigenvalue weighted by Crippen LogP contribution is 2.58. The summed E-state index contributed by atoms with van der Waals surface area (Å²) in [4.78, 5) is 27.8. The number of aromatic carboxylic acids is 2. The van der Waals surface area contributed by atoms with E-state index < -0.39 is 27.1 Å². The van der Waals surface area contributed by atoms with Crippen molar-refractivity contribution in [1.29, 1.82) is 0 Å². The average Bonchev–Trinajstić information content (AvgIpc) is 3.42. The van der Waals surface area contributed by atoms with Gasteiger partial charge in [-0.3, -0.25) is 0 Å². The minimum Gasteiger partial charge on any atom is -1.00 e. The Morgan fingerprint density at radius 3 is 1.18 bits per heavy atom. The van der Waals surface area contributed by atoms with Crippen molar-refractivity contribution in [3.8, 4) is 0 Å². The van der Waals surface area contributed by atoms with E-state index in [2.05, 4.69) is 137 Å². The zero-order chi connectivity index (χ0) is 48.6. The average molecular weight is 1120 g/mol. The number of carbonyl (C=O) groups is 2. The van der Waals surface area contributed by atoms with Crippen LogP contribution in [0.5, 0.6) is 0 Å². The summed E-state index contributed by atoms with van der Waals surface area (Å²) in [5.74, 6) is -1.78. The van der Waals surface area contributed by atoms with E-state index in [4.69, 9.17) is 5.11 Å². The summed E-state index contributed by atoms with van der Waals surface area (Å²) in [6, 6.07) is 69.1. The van der Waals surface area contributed by atoms with Gasteiger partial charge in [-0.15, -0.1) is 0 Å². The number of hydrogen-bond donors (Lipinski definition) is 2. The predicted molar refractivity (Wildman–Crippen MR) is 305 cm³/mol. The van der Waals surface area contributed by atoms with E-state index in [0.717, 1.165) is 24.3 Å². The van der Waals surface area contributed by atoms with E-state index in [9.17, 15) is 14.7 Å². The minimum absolute atomic E-state index is 0. The highest BCUT2D eigenvalue weighted by molar-refractivity contribution is 7.95. The summed E-state index contributed by atoms with van der Waals surface area (Å²) in [5, 5.41) is 26.1. The molecule has 8 aromatic carbocycles. The predicted octanol–water partition coefficient (Wildman–Crippen LogP) is 8.75. The zero-order valence-electron chi connectivity index (χ0n) is 40.6. The molecule has 0 spiro atoms. The van der Waals surface area contributed by atoms with Crippen molar-refractivity contribution in [3.05, 3.63) is 239 Å². The summed E-state index contributed by atoms with van der Waals surface area (Å²) in [6.45, 7) is 4.93. The standard InChI is InChI=1S/C32H30NO2P.C19H15O2P.C12H15N.CH4.HI/c34-32(35)25-15-17-30(18-16-25)36(28-11-3-1-4-12-28,29-13-5-2-6-14-29)23-24-21-26-9-7-19-33-20-8-10-27(22-24)31(26)33;20-19(21)15-11-13-18(14-12-15)22(16-7-3-1-4-8-16)17-9-5-2-6-10-17;1-4-10-6-2-8-13-9-3-7-11(5-1)12(10)13;;/h1-6,11-18,21-22H,7-10,19-20,23H2;1-14H,(H,20,21);1,4-5H,2-3,6-9H2;1H4;1H. The first-order valence-electron chi connectivity index (χ1n) is 25.2. The van der Waals surface area contributed by atoms with Crippen LogP contribution >= 0.6 is 15.2 Å². The van der Waals surface area contributed by atoms with Gasteiger partial charge in [-0.2, -0.15) is 0 Å². The third-order valence-electron chi connectivity index (χ3n) is 14.4. The van der Waals surface area contributed by atoms with Gasteiger partial charge in [0.2, 0.25) is 0 Å². The molecule has 0 unspecified atom stereocenters. The summed E-state index contributed by atoms with van der Waals surface area (Å²) in [7, 11) is -2.77. The van der Waals surface area contributed by atoms with E-state index in [0.29, 0.717) is 11.1 Å². The highest BCUT2D eigenvalue weighted by atomic mass is 127. The van der Waals surface area contributed by atoms with Crippen molar-refractivity contribution in [2.24, 2.45) is 0 Å². The van der Waals surface area contributed by atoms with Crippen LogP contribution in [0.3, 0.4) is 0 Å². The number of benzene rings is 8. The summed E-state index contributed by atoms with van der Waals surface area (Å²) >= 11 is 0. The number of halogens is 1. The Morgan fingerprint density at radius 2 is 0.767 bits per heavy atom. The first-order valence-corrected chi connectivity index (χ1v) is 28.5. The second kappa shape index (κ2) is 24.7. The number of carboxylic acids is 2. The molecule has 4 aliphatic heterocycles. The van der Waals surface area contributed by atoms with Gasteiger partial charge >= 0.3 is 11.9 Å². The fraction of sp³-hybridized carbons (Fsp3) is 0.219. The number of hydrogen-bond acceptors (Lipinski definition) is 4. The molecule has 6 nitrogen and oxygen atoms in total. The molecule has 4 heterocycles. The number of aryl methyl sites for hydroxylation is 4. The smallest absolute Gasteiger partial charge is 0.335 e. The molecule has 8 aromatic rings. The largest absolute Gasteiger partial charge is 1.00 e. The SMILES string of the molecule is C.O=C(O)c1ccc(P(c2ccccc2)c2ccccc2)cc1.O=C(O)c1ccc([P+](Cc2cc3c4c(c2)CCCN4CCC3)(c2ccccc2)c2ccccc2)cc1.[I-].c1cc2c3c(c1)CCCN3CCC2. The minimum atomic E-state index is -2.10. The van der Waals surface area contributed by atoms with E-state index in [1.807, 2.05) is 48.5 Å². The number of nitrogens with zero attached hydrogens (tertiary/aromatic N) is 2. The maximum Gasteiger partial charge on any atom is 0.335 e. The van der Waals surface area contributed by atoms with Crippen molar-refractivity contribution in [2.45, 2.75) is 65.0 Å². The molecule has 0 saturated heterocycles. The van der Waals surface area contributed by atoms with Crippen LogP contribution in [0.25, 0.3) is 0 Å². The van der Waals surface area contributed by atoms with Crippen LogP contribution in [0.1, 0.15) is 81.6 Å². The van der Waals surface area contributed by atoms with E-state index >= 15 is 0 Å². The molecule has 12 rings (SSSR count). The van der Waals surface area contributed by atoms with E-state index in [-0.39, 0.29) is 31.4 Å². The van der Waals surface area contributed by atoms with Crippen LogP contribution in [-0.4, -0.2) is 48.3 Å². The summed E-state index contributed by atoms with van der Waals surface area (Å²) < 4.78 is 0. The molecular formula is C64H65IN2O4P2. The Morgan fingerprint density at radius 1 is 0.425 bits per heavy atom. The maximum atomic E-state index is 11.6. The fourth-order valence-corrected chi connectivity index (χ4v) is 17.7. The first kappa shape index (κ1) is 53.2. The molecule has 0 radical (unpaired) electrons. The highest BCUT2D eigenvalue weighted by Gasteiger charge is 2.46. The van der Waals surface area contributed by atoms with Gasteiger partial charge in [0.05, 0.1) is 17.3 Å². The van der Waals surface area contributed by atoms with Gasteiger partial charge in [-0.05, 0) is 164 Å². The van der Waals surface area contributed by atoms with Crippen LogP contribution in [0, 0.1) is 0 Å². The molecule has 2 N–H and O–H groups in total. The fourth-order valence-electron chi connectivity index (χ4n) is 11.3. The lowest BCUT2D eigenvalue weighted by Gasteiger charge is -2.37. The topological polar surface area (TPSA) is 81.1 Å². The quantitative estimate of drug-likeness (QED) is 0.105. The van der Waals surface area contributed by atoms with Gasteiger partial charge in [-0.25, -0.2) is 9.59 Å². The molecule has 0 amide bonds. The number of rotatable bonds is 10. The lowest BCUT2D eigenvalue weighted by molar-refractivity contribution is -0.0000440. The Bertz CT molecular complexity index is 2950. The van der Waals surface area contributed by atoms with Crippen molar-refractivity contribution in [3.63, 3.8) is 0 Å². The van der Waals surface area contributed by atoms with Crippen LogP contribution in [-0.2, 0) is 31.8 Å². The Kier molecular flexibility index (Phi) is 18.0. The molecule has 0 bridgehead atoms. The Balaban J connectivity index is 0.000000163. The summed E-state index contributed by atoms with van der Waals surface area (Å²) in [5.41, 5.74) is 11.3. The Labute approximate surface area is 451 Å². The van der Waals surface area contributed by atoms with Crippen molar-refractivity contribution in [2.75, 3.05) is 36.0 Å². The number of para-hydroxylation sites is 1. The van der Waals surface area contributed by atoms with Crippen molar-refractivity contribution < 1.29 is 43.8 Å². The molecule has 0 saturated carbocycles. The second-order valence-electron chi connectivity index (χ2n) is 18.9. The molecule has 73 heavy (non-hydrogen) atoms. The van der Waals surface area contributed by atoms with Gasteiger partial charge in [0, 0.05) is 37.6 Å². The second-order valence-corrected chi connectivity index (χ2v) is 24.6. The van der Waals surface area contributed by atoms with Gasteiger partial charge in [0.15, 0.2) is 0 Å². The lowest BCUT2D eigenvalue weighted by Crippen LogP contribution is -3.00. The monoisotopic (exact) mass is 1110 g/mol. The van der Waals surface area contributed by atoms with Gasteiger partial charge in [0.25, 0.3) is 0 Å². The third kappa shape index (κ3) is 11.8. The zero-order valence-corrected chi connectivity index (χ0v) is 44.6. The molecule has 0 fully saturated rings. The van der Waals surface area contributed by atoms with Gasteiger partial charge in [-0.1, -0.05) is 147 Å². The van der Waals surface area contributed by atoms with Crippen LogP contribution in [0.4, 0.5) is 11.4 Å². The number of anilines is 2. The van der Waals surface area contributed by atoms with Gasteiger partial charge in [0.1, 0.15) is 23.2 Å². The Hall–Kier alpha value is -6.11. The number of carboxylic acid groups (broad SMARTS) is 2. The molecule has 0 aliphatic carbocycles. The molecule has 0 atom stereocenters. The first-order chi connectivity index (χ1) is 34.9. The van der Waals surface area contributed by atoms with Crippen LogP contribution in [0.15, 0.2) is 200 Å². The molecular weight excluding hydrogens is 1050 g/mol. The van der Waals surface area contributed by atoms with Crippen molar-refractivity contribution >= 4 is 70.3 Å². The maximum absolute atomic E-state index is 11.6. The molecule has 0 aromatic heterocycles. The van der Waals surface area contributed by atoms with E-state index in [1.54, 1.807) is 41.1 Å². The molecule has 4 aliphatic rings. The normalized spacial score (nSPS) is 14.0. The molecule has 9 heteroatoms. The van der Waals surface area contributed by atoms with Crippen LogP contribution < -0.4 is 65.6 Å². The van der Waals surface area contributed by atoms with Crippen LogP contribution in [0.2, 0.25) is 0 Å². The summed E-state index contributed by atoms with van der Waals surface area (Å²) in [6.07, 6.45) is 11.0. The third-order valence-corrected chi connectivity index (χ3v) is 21.3. The van der Waals surface area contributed by atoms with Crippen molar-refractivity contribution in [1.82, 2.24) is 0 Å².